The van der Waals surface area contributed by atoms with Crippen LogP contribution in [-0.4, -0.2) is 25.4 Å². The summed E-state index contributed by atoms with van der Waals surface area (Å²) in [5.41, 5.74) is 1.64. The van der Waals surface area contributed by atoms with Crippen molar-refractivity contribution in [2.45, 2.75) is 0 Å². The summed E-state index contributed by atoms with van der Waals surface area (Å²) >= 11 is 1.40. The van der Waals surface area contributed by atoms with Crippen molar-refractivity contribution in [3.63, 3.8) is 0 Å². The first-order chi connectivity index (χ1) is 8.27. The SMILES string of the molecule is O=C(O)c1cnc2scc(-c3ccccn3)n12. The van der Waals surface area contributed by atoms with Crippen molar-refractivity contribution >= 4 is 22.3 Å². The summed E-state index contributed by atoms with van der Waals surface area (Å²) in [6.07, 6.45) is 3.04. The van der Waals surface area contributed by atoms with Crippen molar-refractivity contribution in [1.29, 1.82) is 0 Å². The molecule has 0 atom stereocenters. The second kappa shape index (κ2) is 3.67. The Morgan fingerprint density at radius 1 is 1.35 bits per heavy atom. The number of rotatable bonds is 2. The Kier molecular flexibility index (Phi) is 2.15. The minimum atomic E-state index is -0.993. The Bertz CT molecular complexity index is 687. The highest BCUT2D eigenvalue weighted by Crippen LogP contribution is 2.25. The number of nitrogens with zero attached hydrogens (tertiary/aromatic N) is 3. The van der Waals surface area contributed by atoms with E-state index in [1.807, 2.05) is 23.6 Å². The van der Waals surface area contributed by atoms with Crippen LogP contribution < -0.4 is 0 Å². The molecule has 1 N–H and O–H groups in total. The van der Waals surface area contributed by atoms with E-state index in [4.69, 9.17) is 5.11 Å². The quantitative estimate of drug-likeness (QED) is 0.751. The molecule has 3 heterocycles. The molecular formula is C11H7N3O2S. The van der Waals surface area contributed by atoms with E-state index in [1.165, 1.54) is 17.5 Å². The zero-order chi connectivity index (χ0) is 11.8. The molecule has 5 nitrogen and oxygen atoms in total. The smallest absolute Gasteiger partial charge is 0.354 e. The van der Waals surface area contributed by atoms with Crippen molar-refractivity contribution in [2.75, 3.05) is 0 Å². The summed E-state index contributed by atoms with van der Waals surface area (Å²) in [6.45, 7) is 0. The first-order valence-electron chi connectivity index (χ1n) is 4.87. The number of hydrogen-bond donors (Lipinski definition) is 1. The van der Waals surface area contributed by atoms with Crippen LogP contribution in [0.1, 0.15) is 10.5 Å². The first kappa shape index (κ1) is 9.98. The molecule has 84 valence electrons. The van der Waals surface area contributed by atoms with Crippen molar-refractivity contribution in [3.8, 4) is 11.4 Å². The average Bonchev–Trinajstić information content (AvgIpc) is 2.90. The lowest BCUT2D eigenvalue weighted by molar-refractivity contribution is 0.0689. The maximum atomic E-state index is 11.1. The Hall–Kier alpha value is -2.21. The van der Waals surface area contributed by atoms with Gasteiger partial charge in [-0.25, -0.2) is 9.78 Å². The highest BCUT2D eigenvalue weighted by molar-refractivity contribution is 7.15. The minimum absolute atomic E-state index is 0.155. The van der Waals surface area contributed by atoms with Crippen molar-refractivity contribution in [3.05, 3.63) is 41.7 Å². The first-order valence-corrected chi connectivity index (χ1v) is 5.75. The normalized spacial score (nSPS) is 10.8. The van der Waals surface area contributed by atoms with Crippen LogP contribution in [0.5, 0.6) is 0 Å². The van der Waals surface area contributed by atoms with Crippen LogP contribution in [0.25, 0.3) is 16.3 Å². The monoisotopic (exact) mass is 245 g/mol. The molecule has 0 aliphatic rings. The van der Waals surface area contributed by atoms with Gasteiger partial charge >= 0.3 is 5.97 Å². The molecule has 3 rings (SSSR count). The Morgan fingerprint density at radius 2 is 2.24 bits per heavy atom. The molecule has 3 aromatic heterocycles. The van der Waals surface area contributed by atoms with Gasteiger partial charge in [-0.05, 0) is 12.1 Å². The van der Waals surface area contributed by atoms with Gasteiger partial charge in [0.15, 0.2) is 10.7 Å². The maximum Gasteiger partial charge on any atom is 0.354 e. The number of thiazole rings is 1. The van der Waals surface area contributed by atoms with Crippen LogP contribution in [0.2, 0.25) is 0 Å². The molecule has 0 amide bonds. The third-order valence-electron chi connectivity index (χ3n) is 2.39. The summed E-state index contributed by atoms with van der Waals surface area (Å²) in [4.78, 5) is 20.0. The van der Waals surface area contributed by atoms with E-state index in [9.17, 15) is 4.79 Å². The Balaban J connectivity index is 2.30. The zero-order valence-corrected chi connectivity index (χ0v) is 9.39. The van der Waals surface area contributed by atoms with Gasteiger partial charge in [0.05, 0.1) is 17.6 Å². The van der Waals surface area contributed by atoms with Gasteiger partial charge in [0.1, 0.15) is 0 Å². The van der Waals surface area contributed by atoms with Gasteiger partial charge in [-0.1, -0.05) is 6.07 Å². The lowest BCUT2D eigenvalue weighted by Gasteiger charge is -1.99. The summed E-state index contributed by atoms with van der Waals surface area (Å²) in [7, 11) is 0. The molecule has 0 radical (unpaired) electrons. The van der Waals surface area contributed by atoms with Gasteiger partial charge in [-0.3, -0.25) is 9.38 Å². The fourth-order valence-electron chi connectivity index (χ4n) is 1.65. The van der Waals surface area contributed by atoms with Crippen LogP contribution in [-0.2, 0) is 0 Å². The number of pyridine rings is 1. The number of hydrogen-bond acceptors (Lipinski definition) is 4. The number of fused-ring (bicyclic) bond motifs is 1. The summed E-state index contributed by atoms with van der Waals surface area (Å²) in [5, 5.41) is 10.9. The molecule has 0 spiro atoms. The highest BCUT2D eigenvalue weighted by Gasteiger charge is 2.16. The third kappa shape index (κ3) is 1.50. The number of imidazole rings is 1. The molecule has 0 unspecified atom stereocenters. The molecule has 6 heteroatoms. The average molecular weight is 245 g/mol. The number of carboxylic acid groups (broad SMARTS) is 1. The van der Waals surface area contributed by atoms with Gasteiger partial charge < -0.3 is 5.11 Å². The lowest BCUT2D eigenvalue weighted by Crippen LogP contribution is -2.02. The van der Waals surface area contributed by atoms with Crippen LogP contribution in [0.4, 0.5) is 0 Å². The van der Waals surface area contributed by atoms with Crippen LogP contribution in [0, 0.1) is 0 Å². The molecule has 0 saturated heterocycles. The minimum Gasteiger partial charge on any atom is -0.477 e. The Morgan fingerprint density at radius 3 is 2.94 bits per heavy atom. The highest BCUT2D eigenvalue weighted by atomic mass is 32.1. The topological polar surface area (TPSA) is 67.5 Å². The van der Waals surface area contributed by atoms with Crippen LogP contribution in [0.3, 0.4) is 0 Å². The molecule has 0 aromatic carbocycles. The molecule has 0 aliphatic carbocycles. The van der Waals surface area contributed by atoms with Gasteiger partial charge in [0.25, 0.3) is 0 Å². The molecule has 0 saturated carbocycles. The van der Waals surface area contributed by atoms with E-state index in [2.05, 4.69) is 9.97 Å². The second-order valence-electron chi connectivity index (χ2n) is 3.40. The maximum absolute atomic E-state index is 11.1. The van der Waals surface area contributed by atoms with E-state index < -0.39 is 5.97 Å². The summed E-state index contributed by atoms with van der Waals surface area (Å²) in [5.74, 6) is -0.993. The van der Waals surface area contributed by atoms with Gasteiger partial charge in [-0.15, -0.1) is 11.3 Å². The lowest BCUT2D eigenvalue weighted by atomic mass is 10.3. The summed E-state index contributed by atoms with van der Waals surface area (Å²) < 4.78 is 1.61. The number of carbonyl (C=O) groups is 1. The molecule has 0 fully saturated rings. The van der Waals surface area contributed by atoms with E-state index >= 15 is 0 Å². The van der Waals surface area contributed by atoms with Crippen LogP contribution >= 0.6 is 11.3 Å². The predicted molar refractivity (Wildman–Crippen MR) is 63.3 cm³/mol. The van der Waals surface area contributed by atoms with Crippen molar-refractivity contribution in [1.82, 2.24) is 14.4 Å². The Labute approximate surface area is 100 Å². The number of carboxylic acids is 1. The van der Waals surface area contributed by atoms with Crippen molar-refractivity contribution < 1.29 is 9.90 Å². The fraction of sp³-hybridized carbons (Fsp3) is 0. The molecule has 0 aliphatic heterocycles. The zero-order valence-electron chi connectivity index (χ0n) is 8.57. The number of aromatic nitrogens is 3. The van der Waals surface area contributed by atoms with Gasteiger partial charge in [-0.2, -0.15) is 0 Å². The predicted octanol–water partition coefficient (Wildman–Crippen LogP) is 2.16. The van der Waals surface area contributed by atoms with E-state index in [0.717, 1.165) is 11.4 Å². The molecule has 3 aromatic rings. The van der Waals surface area contributed by atoms with Gasteiger partial charge in [0, 0.05) is 11.6 Å². The molecular weight excluding hydrogens is 238 g/mol. The van der Waals surface area contributed by atoms with Crippen LogP contribution in [0.15, 0.2) is 36.0 Å². The second-order valence-corrected chi connectivity index (χ2v) is 4.24. The third-order valence-corrected chi connectivity index (χ3v) is 3.23. The number of aromatic carboxylic acids is 1. The summed E-state index contributed by atoms with van der Waals surface area (Å²) in [6, 6.07) is 5.52. The van der Waals surface area contributed by atoms with E-state index in [0.29, 0.717) is 4.96 Å². The van der Waals surface area contributed by atoms with E-state index in [-0.39, 0.29) is 5.69 Å². The van der Waals surface area contributed by atoms with E-state index in [1.54, 1.807) is 10.6 Å². The standard InChI is InChI=1S/C11H7N3O2S/c15-10(16)8-5-13-11-14(8)9(6-17-11)7-3-1-2-4-12-7/h1-6H,(H,15,16). The largest absolute Gasteiger partial charge is 0.477 e. The molecule has 0 bridgehead atoms. The fourth-order valence-corrected chi connectivity index (χ4v) is 2.51. The van der Waals surface area contributed by atoms with Gasteiger partial charge in [0.2, 0.25) is 0 Å². The molecule has 17 heavy (non-hydrogen) atoms. The van der Waals surface area contributed by atoms with Crippen molar-refractivity contribution in [2.24, 2.45) is 0 Å².